The molecule has 2 saturated heterocycles. The Morgan fingerprint density at radius 2 is 2.12 bits per heavy atom. The van der Waals surface area contributed by atoms with Crippen LogP contribution in [0.2, 0.25) is 0 Å². The Labute approximate surface area is 92.8 Å². The first-order chi connectivity index (χ1) is 7.87. The number of hydrogen-bond acceptors (Lipinski definition) is 4. The van der Waals surface area contributed by atoms with Crippen molar-refractivity contribution in [3.05, 3.63) is 24.3 Å². The monoisotopic (exact) mass is 216 g/mol. The molecule has 2 aliphatic rings. The van der Waals surface area contributed by atoms with Crippen molar-refractivity contribution in [3.63, 3.8) is 0 Å². The number of aromatic nitrogens is 1. The molecule has 0 unspecified atom stereocenters. The number of hydrogen-bond donors (Lipinski definition) is 0. The average Bonchev–Trinajstić information content (AvgIpc) is 2.56. The van der Waals surface area contributed by atoms with Crippen LogP contribution in [0.25, 0.3) is 11.1 Å². The Kier molecular flexibility index (Phi) is 1.48. The van der Waals surface area contributed by atoms with Gasteiger partial charge in [-0.3, -0.25) is 0 Å². The SMILES string of the molecule is c1ccc2oc(N3CCC34COC4)nc2c1. The van der Waals surface area contributed by atoms with Gasteiger partial charge in [0.2, 0.25) is 0 Å². The molecule has 0 N–H and O–H groups in total. The Balaban J connectivity index is 1.76. The summed E-state index contributed by atoms with van der Waals surface area (Å²) in [5, 5.41) is 0. The van der Waals surface area contributed by atoms with Crippen LogP contribution in [0.5, 0.6) is 0 Å². The van der Waals surface area contributed by atoms with E-state index in [2.05, 4.69) is 9.88 Å². The first-order valence-electron chi connectivity index (χ1n) is 5.58. The minimum Gasteiger partial charge on any atom is -0.423 e. The number of anilines is 1. The lowest BCUT2D eigenvalue weighted by molar-refractivity contribution is -0.0870. The quantitative estimate of drug-likeness (QED) is 0.728. The molecule has 2 aliphatic heterocycles. The molecule has 0 aliphatic carbocycles. The van der Waals surface area contributed by atoms with Crippen molar-refractivity contribution in [2.75, 3.05) is 24.7 Å². The van der Waals surface area contributed by atoms with Crippen molar-refractivity contribution in [1.29, 1.82) is 0 Å². The molecule has 1 spiro atoms. The maximum atomic E-state index is 5.76. The van der Waals surface area contributed by atoms with Gasteiger partial charge in [0.15, 0.2) is 5.58 Å². The van der Waals surface area contributed by atoms with E-state index in [1.165, 1.54) is 6.42 Å². The molecule has 0 saturated carbocycles. The molecule has 0 radical (unpaired) electrons. The smallest absolute Gasteiger partial charge is 0.299 e. The van der Waals surface area contributed by atoms with Gasteiger partial charge in [-0.1, -0.05) is 12.1 Å². The highest BCUT2D eigenvalue weighted by Crippen LogP contribution is 2.41. The number of fused-ring (bicyclic) bond motifs is 1. The van der Waals surface area contributed by atoms with Crippen LogP contribution in [0.4, 0.5) is 6.01 Å². The number of benzene rings is 1. The zero-order valence-corrected chi connectivity index (χ0v) is 8.85. The van der Waals surface area contributed by atoms with Crippen LogP contribution >= 0.6 is 0 Å². The van der Waals surface area contributed by atoms with E-state index in [-0.39, 0.29) is 5.54 Å². The van der Waals surface area contributed by atoms with Crippen LogP contribution < -0.4 is 4.90 Å². The lowest BCUT2D eigenvalue weighted by atomic mass is 9.83. The van der Waals surface area contributed by atoms with E-state index in [4.69, 9.17) is 9.15 Å². The molecule has 3 heterocycles. The Morgan fingerprint density at radius 1 is 1.25 bits per heavy atom. The number of nitrogens with zero attached hydrogens (tertiary/aromatic N) is 2. The van der Waals surface area contributed by atoms with Gasteiger partial charge < -0.3 is 14.1 Å². The van der Waals surface area contributed by atoms with Crippen molar-refractivity contribution in [2.45, 2.75) is 12.0 Å². The highest BCUT2D eigenvalue weighted by molar-refractivity contribution is 5.74. The number of rotatable bonds is 1. The molecule has 0 atom stereocenters. The van der Waals surface area contributed by atoms with Crippen LogP contribution in [0.1, 0.15) is 6.42 Å². The van der Waals surface area contributed by atoms with Crippen LogP contribution in [-0.4, -0.2) is 30.3 Å². The third-order valence-electron chi connectivity index (χ3n) is 3.63. The van der Waals surface area contributed by atoms with Gasteiger partial charge in [-0.2, -0.15) is 4.98 Å². The van der Waals surface area contributed by atoms with Crippen LogP contribution in [0.15, 0.2) is 28.7 Å². The Hall–Kier alpha value is -1.55. The molecule has 2 aromatic rings. The third kappa shape index (κ3) is 0.950. The molecular formula is C12H12N2O2. The predicted octanol–water partition coefficient (Wildman–Crippen LogP) is 1.81. The summed E-state index contributed by atoms with van der Waals surface area (Å²) in [7, 11) is 0. The summed E-state index contributed by atoms with van der Waals surface area (Å²) < 4.78 is 11.1. The van der Waals surface area contributed by atoms with Crippen LogP contribution in [-0.2, 0) is 4.74 Å². The topological polar surface area (TPSA) is 38.5 Å². The second kappa shape index (κ2) is 2.77. The van der Waals surface area contributed by atoms with E-state index >= 15 is 0 Å². The lowest BCUT2D eigenvalue weighted by Gasteiger charge is -2.56. The van der Waals surface area contributed by atoms with Crippen LogP contribution in [0.3, 0.4) is 0 Å². The molecule has 0 amide bonds. The van der Waals surface area contributed by atoms with E-state index in [9.17, 15) is 0 Å². The molecular weight excluding hydrogens is 204 g/mol. The van der Waals surface area contributed by atoms with E-state index < -0.39 is 0 Å². The standard InChI is InChI=1S/C12H12N2O2/c1-2-4-10-9(3-1)13-11(16-10)14-6-5-12(14)7-15-8-12/h1-4H,5-8H2. The van der Waals surface area contributed by atoms with Gasteiger partial charge in [0.1, 0.15) is 5.52 Å². The van der Waals surface area contributed by atoms with E-state index in [0.717, 1.165) is 36.9 Å². The minimum absolute atomic E-state index is 0.195. The van der Waals surface area contributed by atoms with Crippen molar-refractivity contribution >= 4 is 17.1 Å². The molecule has 0 bridgehead atoms. The van der Waals surface area contributed by atoms with Gasteiger partial charge >= 0.3 is 0 Å². The largest absolute Gasteiger partial charge is 0.423 e. The summed E-state index contributed by atoms with van der Waals surface area (Å²) in [4.78, 5) is 6.75. The predicted molar refractivity (Wildman–Crippen MR) is 59.5 cm³/mol. The second-order valence-corrected chi connectivity index (χ2v) is 4.58. The Morgan fingerprint density at radius 3 is 2.75 bits per heavy atom. The minimum atomic E-state index is 0.195. The maximum Gasteiger partial charge on any atom is 0.299 e. The van der Waals surface area contributed by atoms with Crippen LogP contribution in [0, 0.1) is 0 Å². The van der Waals surface area contributed by atoms with Gasteiger partial charge in [-0.15, -0.1) is 0 Å². The molecule has 16 heavy (non-hydrogen) atoms. The number of ether oxygens (including phenoxy) is 1. The highest BCUT2D eigenvalue weighted by Gasteiger charge is 2.52. The zero-order valence-electron chi connectivity index (χ0n) is 8.85. The fourth-order valence-electron chi connectivity index (χ4n) is 2.45. The second-order valence-electron chi connectivity index (χ2n) is 4.58. The lowest BCUT2D eigenvalue weighted by Crippen LogP contribution is -2.71. The summed E-state index contributed by atoms with van der Waals surface area (Å²) in [6.45, 7) is 2.65. The summed E-state index contributed by atoms with van der Waals surface area (Å²) in [6, 6.07) is 8.63. The maximum absolute atomic E-state index is 5.76. The van der Waals surface area contributed by atoms with Gasteiger partial charge in [0, 0.05) is 6.54 Å². The molecule has 4 rings (SSSR count). The highest BCUT2D eigenvalue weighted by atomic mass is 16.5. The summed E-state index contributed by atoms with van der Waals surface area (Å²) >= 11 is 0. The molecule has 4 nitrogen and oxygen atoms in total. The average molecular weight is 216 g/mol. The molecule has 1 aromatic carbocycles. The summed E-state index contributed by atoms with van der Waals surface area (Å²) in [5.41, 5.74) is 1.99. The fourth-order valence-corrected chi connectivity index (χ4v) is 2.45. The third-order valence-corrected chi connectivity index (χ3v) is 3.63. The zero-order chi connectivity index (χ0) is 10.6. The first-order valence-corrected chi connectivity index (χ1v) is 5.58. The molecule has 2 fully saturated rings. The van der Waals surface area contributed by atoms with Gasteiger partial charge in [0.05, 0.1) is 18.8 Å². The van der Waals surface area contributed by atoms with E-state index in [1.54, 1.807) is 0 Å². The van der Waals surface area contributed by atoms with Crippen molar-refractivity contribution < 1.29 is 9.15 Å². The van der Waals surface area contributed by atoms with E-state index in [0.29, 0.717) is 0 Å². The Bertz CT molecular complexity index is 506. The molecule has 4 heteroatoms. The fraction of sp³-hybridized carbons (Fsp3) is 0.417. The van der Waals surface area contributed by atoms with Crippen molar-refractivity contribution in [1.82, 2.24) is 4.98 Å². The molecule has 1 aromatic heterocycles. The van der Waals surface area contributed by atoms with Gasteiger partial charge in [0.25, 0.3) is 6.01 Å². The number of oxazole rings is 1. The normalized spacial score (nSPS) is 22.1. The number of para-hydroxylation sites is 2. The first kappa shape index (κ1) is 8.58. The summed E-state index contributed by atoms with van der Waals surface area (Å²) in [6.07, 6.45) is 1.19. The van der Waals surface area contributed by atoms with Crippen molar-refractivity contribution in [3.8, 4) is 0 Å². The van der Waals surface area contributed by atoms with Crippen molar-refractivity contribution in [2.24, 2.45) is 0 Å². The molecule has 82 valence electrons. The van der Waals surface area contributed by atoms with E-state index in [1.807, 2.05) is 24.3 Å². The van der Waals surface area contributed by atoms with Gasteiger partial charge in [-0.25, -0.2) is 0 Å². The van der Waals surface area contributed by atoms with Gasteiger partial charge in [-0.05, 0) is 18.6 Å². The summed E-state index contributed by atoms with van der Waals surface area (Å²) in [5.74, 6) is 0.